The summed E-state index contributed by atoms with van der Waals surface area (Å²) < 4.78 is 0. The van der Waals surface area contributed by atoms with Crippen molar-refractivity contribution in [2.24, 2.45) is 0 Å². The van der Waals surface area contributed by atoms with Crippen LogP contribution >= 0.6 is 0 Å². The Hall–Kier alpha value is -7.62. The molecule has 9 aromatic carbocycles. The van der Waals surface area contributed by atoms with Gasteiger partial charge in [-0.1, -0.05) is 138 Å². The van der Waals surface area contributed by atoms with Crippen LogP contribution in [-0.4, -0.2) is 0 Å². The first kappa shape index (κ1) is 40.8. The predicted octanol–water partition coefficient (Wildman–Crippen LogP) is 17.3. The Bertz CT molecular complexity index is 2790. The molecule has 0 fully saturated rings. The predicted molar refractivity (Wildman–Crippen MR) is 270 cm³/mol. The Labute approximate surface area is 373 Å². The molecule has 0 amide bonds. The molecule has 0 atom stereocenters. The van der Waals surface area contributed by atoms with Crippen molar-refractivity contribution in [2.75, 3.05) is 14.7 Å². The second-order valence-corrected chi connectivity index (χ2v) is 16.7. The molecule has 9 aromatic rings. The van der Waals surface area contributed by atoms with Crippen molar-refractivity contribution in [3.05, 3.63) is 246 Å². The molecule has 3 nitrogen and oxygen atoms in total. The zero-order chi connectivity index (χ0) is 43.5. The topological polar surface area (TPSA) is 9.72 Å². The smallest absolute Gasteiger partial charge is 0.0490 e. The summed E-state index contributed by atoms with van der Waals surface area (Å²) in [4.78, 5) is 7.06. The highest BCUT2D eigenvalue weighted by molar-refractivity contribution is 5.84. The first-order valence-electron chi connectivity index (χ1n) is 21.8. The molecule has 0 aliphatic heterocycles. The lowest BCUT2D eigenvalue weighted by molar-refractivity contribution is 1.23. The van der Waals surface area contributed by atoms with E-state index >= 15 is 0 Å². The monoisotopic (exact) mass is 815 g/mol. The largest absolute Gasteiger partial charge is 0.310 e. The SMILES string of the molecule is Cc1ccc(N(c2ccccc2)c2ccc(-c3ccc(N(c4ccc(-c5ccc(N(c6ccccc6)c6ccc(C)cc6C)cc5)cc4)c4ccc(C)cc4C)cc3)cc2)c(C)c1. The van der Waals surface area contributed by atoms with Gasteiger partial charge in [0.1, 0.15) is 0 Å². The minimum absolute atomic E-state index is 1.11. The molecule has 0 aliphatic rings. The van der Waals surface area contributed by atoms with Gasteiger partial charge < -0.3 is 14.7 Å². The van der Waals surface area contributed by atoms with Crippen LogP contribution in [0.15, 0.2) is 212 Å². The summed E-state index contributed by atoms with van der Waals surface area (Å²) in [5.74, 6) is 0. The molecular formula is C60H53N3. The summed E-state index contributed by atoms with van der Waals surface area (Å²) in [6.45, 7) is 13.0. The summed E-state index contributed by atoms with van der Waals surface area (Å²) in [5.41, 5.74) is 22.5. The van der Waals surface area contributed by atoms with Crippen molar-refractivity contribution in [3.8, 4) is 22.3 Å². The van der Waals surface area contributed by atoms with E-state index < -0.39 is 0 Å². The third-order valence-electron chi connectivity index (χ3n) is 12.0. The number of benzene rings is 9. The first-order chi connectivity index (χ1) is 30.7. The zero-order valence-electron chi connectivity index (χ0n) is 37.0. The standard InChI is InChI=1S/C60H53N3/c1-42-17-36-58(45(4)39-42)61(52-13-9-7-10-14-52)54-28-20-48(21-29-54)50-24-32-56(33-25-50)63(60-38-19-44(3)41-47(60)6)57-34-26-51(27-35-57)49-22-30-55(31-23-49)62(53-15-11-8-12-16-53)59-37-18-43(2)40-46(59)5/h7-41H,1-6H3. The van der Waals surface area contributed by atoms with Gasteiger partial charge in [-0.15, -0.1) is 0 Å². The summed E-state index contributed by atoms with van der Waals surface area (Å²) in [6, 6.07) is 77.1. The van der Waals surface area contributed by atoms with Crippen molar-refractivity contribution >= 4 is 51.2 Å². The molecule has 0 unspecified atom stereocenters. The Kier molecular flexibility index (Phi) is 11.5. The van der Waals surface area contributed by atoms with Crippen molar-refractivity contribution < 1.29 is 0 Å². The average molecular weight is 816 g/mol. The van der Waals surface area contributed by atoms with E-state index in [0.29, 0.717) is 0 Å². The Morgan fingerprint density at radius 1 is 0.222 bits per heavy atom. The fraction of sp³-hybridized carbons (Fsp3) is 0.100. The van der Waals surface area contributed by atoms with Gasteiger partial charge in [-0.05, 0) is 171 Å². The molecule has 0 saturated carbocycles. The minimum atomic E-state index is 1.11. The second kappa shape index (κ2) is 17.8. The van der Waals surface area contributed by atoms with Gasteiger partial charge >= 0.3 is 0 Å². The number of rotatable bonds is 11. The van der Waals surface area contributed by atoms with Gasteiger partial charge in [0.15, 0.2) is 0 Å². The van der Waals surface area contributed by atoms with Gasteiger partial charge in [-0.2, -0.15) is 0 Å². The third-order valence-corrected chi connectivity index (χ3v) is 12.0. The number of nitrogens with zero attached hydrogens (tertiary/aromatic N) is 3. The van der Waals surface area contributed by atoms with E-state index in [-0.39, 0.29) is 0 Å². The van der Waals surface area contributed by atoms with Crippen molar-refractivity contribution in [2.45, 2.75) is 41.5 Å². The van der Waals surface area contributed by atoms with Gasteiger partial charge in [0.05, 0.1) is 0 Å². The van der Waals surface area contributed by atoms with Crippen LogP contribution in [0.1, 0.15) is 33.4 Å². The van der Waals surface area contributed by atoms with Crippen LogP contribution in [0.2, 0.25) is 0 Å². The lowest BCUT2D eigenvalue weighted by Gasteiger charge is -2.28. The molecule has 0 saturated heterocycles. The molecule has 0 N–H and O–H groups in total. The fourth-order valence-corrected chi connectivity index (χ4v) is 8.82. The number of anilines is 9. The lowest BCUT2D eigenvalue weighted by atomic mass is 10.0. The van der Waals surface area contributed by atoms with Crippen LogP contribution in [0.3, 0.4) is 0 Å². The summed E-state index contributed by atoms with van der Waals surface area (Å²) >= 11 is 0. The molecule has 308 valence electrons. The normalized spacial score (nSPS) is 11.0. The Morgan fingerprint density at radius 2 is 0.444 bits per heavy atom. The van der Waals surface area contributed by atoms with Crippen molar-refractivity contribution in [1.29, 1.82) is 0 Å². The molecule has 0 spiro atoms. The van der Waals surface area contributed by atoms with E-state index in [1.165, 1.54) is 67.0 Å². The molecule has 63 heavy (non-hydrogen) atoms. The van der Waals surface area contributed by atoms with E-state index in [0.717, 1.165) is 39.8 Å². The molecule has 0 heterocycles. The van der Waals surface area contributed by atoms with Crippen LogP contribution in [0, 0.1) is 41.5 Å². The quantitative estimate of drug-likeness (QED) is 0.129. The van der Waals surface area contributed by atoms with Gasteiger partial charge in [0.25, 0.3) is 0 Å². The molecule has 3 heteroatoms. The summed E-state index contributed by atoms with van der Waals surface area (Å²) in [7, 11) is 0. The number of hydrogen-bond acceptors (Lipinski definition) is 3. The fourth-order valence-electron chi connectivity index (χ4n) is 8.82. The van der Waals surface area contributed by atoms with Crippen LogP contribution in [0.4, 0.5) is 51.2 Å². The maximum absolute atomic E-state index is 2.37. The van der Waals surface area contributed by atoms with Gasteiger partial charge in [-0.3, -0.25) is 0 Å². The van der Waals surface area contributed by atoms with E-state index in [4.69, 9.17) is 0 Å². The van der Waals surface area contributed by atoms with E-state index in [1.807, 2.05) is 0 Å². The lowest BCUT2D eigenvalue weighted by Crippen LogP contribution is -2.11. The Balaban J connectivity index is 1.00. The second-order valence-electron chi connectivity index (χ2n) is 16.7. The van der Waals surface area contributed by atoms with Gasteiger partial charge in [0, 0.05) is 51.2 Å². The van der Waals surface area contributed by atoms with E-state index in [9.17, 15) is 0 Å². The molecular weight excluding hydrogens is 763 g/mol. The third kappa shape index (κ3) is 8.64. The van der Waals surface area contributed by atoms with Crippen LogP contribution in [-0.2, 0) is 0 Å². The minimum Gasteiger partial charge on any atom is -0.310 e. The van der Waals surface area contributed by atoms with Crippen LogP contribution < -0.4 is 14.7 Å². The maximum atomic E-state index is 2.37. The highest BCUT2D eigenvalue weighted by Gasteiger charge is 2.19. The Morgan fingerprint density at radius 3 is 0.667 bits per heavy atom. The highest BCUT2D eigenvalue weighted by atomic mass is 15.2. The molecule has 9 rings (SSSR count). The summed E-state index contributed by atoms with van der Waals surface area (Å²) in [6.07, 6.45) is 0. The maximum Gasteiger partial charge on any atom is 0.0490 e. The van der Waals surface area contributed by atoms with E-state index in [2.05, 4.69) is 269 Å². The molecule has 0 bridgehead atoms. The average Bonchev–Trinajstić information content (AvgIpc) is 3.30. The number of hydrogen-bond donors (Lipinski definition) is 0. The van der Waals surface area contributed by atoms with Crippen LogP contribution in [0.25, 0.3) is 22.3 Å². The van der Waals surface area contributed by atoms with Crippen LogP contribution in [0.5, 0.6) is 0 Å². The molecule has 0 radical (unpaired) electrons. The van der Waals surface area contributed by atoms with Crippen molar-refractivity contribution in [1.82, 2.24) is 0 Å². The van der Waals surface area contributed by atoms with Gasteiger partial charge in [-0.25, -0.2) is 0 Å². The number of para-hydroxylation sites is 2. The summed E-state index contributed by atoms with van der Waals surface area (Å²) in [5, 5.41) is 0. The first-order valence-corrected chi connectivity index (χ1v) is 21.8. The number of aryl methyl sites for hydroxylation is 6. The molecule has 0 aromatic heterocycles. The van der Waals surface area contributed by atoms with E-state index in [1.54, 1.807) is 0 Å². The zero-order valence-corrected chi connectivity index (χ0v) is 37.0. The molecule has 0 aliphatic carbocycles. The van der Waals surface area contributed by atoms with Crippen molar-refractivity contribution in [3.63, 3.8) is 0 Å². The van der Waals surface area contributed by atoms with Gasteiger partial charge in [0.2, 0.25) is 0 Å². The highest BCUT2D eigenvalue weighted by Crippen LogP contribution is 2.42.